The van der Waals surface area contributed by atoms with Crippen LogP contribution in [0.4, 0.5) is 4.79 Å². The number of halogens is 2. The van der Waals surface area contributed by atoms with Gasteiger partial charge in [0.15, 0.2) is 0 Å². The number of alkyl halides is 4. The fraction of sp³-hybridized carbons (Fsp3) is 0.909. The molecular weight excluding hydrogens is 356 g/mol. The van der Waals surface area contributed by atoms with Crippen LogP contribution in [0.1, 0.15) is 20.8 Å². The van der Waals surface area contributed by atoms with E-state index in [4.69, 9.17) is 21.1 Å². The summed E-state index contributed by atoms with van der Waals surface area (Å²) in [5.41, 5.74) is 0. The standard InChI is InChI=1S/C11H21ClINO3/c1-5-13(4)10-9(3)14(8(2)6-16-10)11(15)17-7-12/h8-10H,5-7H2,1-4H3. The molecular formula is C11H21ClINO3. The number of carbonyl (C=O) groups excluding carboxylic acids is 1. The van der Waals surface area contributed by atoms with Crippen molar-refractivity contribution < 1.29 is 14.3 Å². The van der Waals surface area contributed by atoms with Crippen LogP contribution in [0.15, 0.2) is 0 Å². The van der Waals surface area contributed by atoms with Crippen LogP contribution in [-0.2, 0) is 9.47 Å². The molecule has 1 aliphatic rings. The summed E-state index contributed by atoms with van der Waals surface area (Å²) in [6.45, 7) is 6.80. The molecule has 1 aliphatic heterocycles. The van der Waals surface area contributed by atoms with Gasteiger partial charge in [-0.1, -0.05) is 0 Å². The van der Waals surface area contributed by atoms with E-state index in [0.717, 1.165) is 0 Å². The third-order valence-corrected chi connectivity index (χ3v) is 8.98. The molecule has 4 nitrogen and oxygen atoms in total. The molecule has 102 valence electrons. The Morgan fingerprint density at radius 1 is 1.59 bits per heavy atom. The zero-order valence-electron chi connectivity index (χ0n) is 10.8. The van der Waals surface area contributed by atoms with E-state index in [-0.39, 0.29) is 28.4 Å². The Kier molecular flexibility index (Phi) is 6.30. The Hall–Kier alpha value is 0.250. The number of hydrogen-bond donors (Lipinski definition) is 0. The molecule has 1 amide bonds. The van der Waals surface area contributed by atoms with E-state index in [1.165, 1.54) is 4.43 Å². The van der Waals surface area contributed by atoms with Crippen molar-refractivity contribution in [1.29, 1.82) is 0 Å². The van der Waals surface area contributed by atoms with Crippen molar-refractivity contribution in [2.45, 2.75) is 37.0 Å². The van der Waals surface area contributed by atoms with Gasteiger partial charge in [-0.05, 0) is 0 Å². The Morgan fingerprint density at radius 3 is 2.76 bits per heavy atom. The number of rotatable bonds is 3. The van der Waals surface area contributed by atoms with Gasteiger partial charge < -0.3 is 0 Å². The molecule has 0 saturated carbocycles. The predicted octanol–water partition coefficient (Wildman–Crippen LogP) is 2.91. The molecule has 1 saturated heterocycles. The predicted molar refractivity (Wildman–Crippen MR) is 78.2 cm³/mol. The molecule has 0 N–H and O–H groups in total. The molecule has 1 fully saturated rings. The average molecular weight is 378 g/mol. The van der Waals surface area contributed by atoms with Crippen molar-refractivity contribution in [1.82, 2.24) is 4.90 Å². The Bertz CT molecular complexity index is 267. The van der Waals surface area contributed by atoms with Crippen LogP contribution in [0, 0.1) is 0 Å². The van der Waals surface area contributed by atoms with Crippen LogP contribution in [0.25, 0.3) is 0 Å². The molecule has 17 heavy (non-hydrogen) atoms. The number of carbonyl (C=O) groups is 1. The van der Waals surface area contributed by atoms with Crippen molar-refractivity contribution in [3.8, 4) is 0 Å². The first-order chi connectivity index (χ1) is 8.02. The molecule has 0 bridgehead atoms. The van der Waals surface area contributed by atoms with Gasteiger partial charge in [-0.15, -0.1) is 0 Å². The molecule has 3 atom stereocenters. The summed E-state index contributed by atoms with van der Waals surface area (Å²) in [5, 5.41) is 0. The zero-order chi connectivity index (χ0) is 13.0. The molecule has 1 heterocycles. The van der Waals surface area contributed by atoms with Crippen molar-refractivity contribution in [2.24, 2.45) is 0 Å². The molecule has 0 radical (unpaired) electrons. The number of nitrogens with zero attached hydrogens (tertiary/aromatic N) is 1. The Labute approximate surface area is 115 Å². The van der Waals surface area contributed by atoms with E-state index in [1.807, 2.05) is 13.8 Å². The molecule has 0 aromatic carbocycles. The van der Waals surface area contributed by atoms with E-state index >= 15 is 0 Å². The summed E-state index contributed by atoms with van der Waals surface area (Å²) in [6.07, 6.45) is -0.325. The van der Waals surface area contributed by atoms with Crippen molar-refractivity contribution in [3.63, 3.8) is 0 Å². The first-order valence-corrected chi connectivity index (χ1v) is 11.2. The normalized spacial score (nSPS) is 30.1. The van der Waals surface area contributed by atoms with Crippen LogP contribution >= 0.6 is 31.4 Å². The number of ether oxygens (including phenoxy) is 2. The minimum absolute atomic E-state index is 0.0538. The van der Waals surface area contributed by atoms with E-state index in [1.54, 1.807) is 4.90 Å². The molecule has 3 unspecified atom stereocenters. The molecule has 1 rings (SSSR count). The molecule has 0 aromatic rings. The van der Waals surface area contributed by atoms with Gasteiger partial charge in [-0.25, -0.2) is 0 Å². The Balaban J connectivity index is 2.76. The zero-order valence-corrected chi connectivity index (χ0v) is 13.7. The maximum atomic E-state index is 11.9. The second-order valence-corrected chi connectivity index (χ2v) is 10.7. The third-order valence-electron chi connectivity index (χ3n) is 2.97. The minimum atomic E-state index is -1.13. The quantitative estimate of drug-likeness (QED) is 0.561. The summed E-state index contributed by atoms with van der Waals surface area (Å²) in [5.74, 6) is 0. The average Bonchev–Trinajstić information content (AvgIpc) is 2.28. The Morgan fingerprint density at radius 2 is 2.24 bits per heavy atom. The van der Waals surface area contributed by atoms with Gasteiger partial charge in [0.05, 0.1) is 0 Å². The third kappa shape index (κ3) is 3.61. The van der Waals surface area contributed by atoms with Gasteiger partial charge in [0.1, 0.15) is 0 Å². The fourth-order valence-electron chi connectivity index (χ4n) is 2.02. The summed E-state index contributed by atoms with van der Waals surface area (Å²) in [4.78, 5) is 15.9. The van der Waals surface area contributed by atoms with Crippen LogP contribution < -0.4 is 0 Å². The summed E-state index contributed by atoms with van der Waals surface area (Å²) >= 11 is 4.32. The summed E-state index contributed by atoms with van der Waals surface area (Å²) in [7, 11) is 0. The number of amides is 1. The van der Waals surface area contributed by atoms with Gasteiger partial charge in [-0.3, -0.25) is 0 Å². The first kappa shape index (κ1) is 15.3. The van der Waals surface area contributed by atoms with E-state index in [9.17, 15) is 4.79 Å². The van der Waals surface area contributed by atoms with Crippen molar-refractivity contribution in [3.05, 3.63) is 0 Å². The van der Waals surface area contributed by atoms with Gasteiger partial charge in [-0.2, -0.15) is 0 Å². The van der Waals surface area contributed by atoms with Gasteiger partial charge in [0.25, 0.3) is 0 Å². The van der Waals surface area contributed by atoms with E-state index in [2.05, 4.69) is 11.9 Å². The topological polar surface area (TPSA) is 38.8 Å². The van der Waals surface area contributed by atoms with Gasteiger partial charge in [0.2, 0.25) is 0 Å². The molecule has 6 heteroatoms. The van der Waals surface area contributed by atoms with Crippen LogP contribution in [0.3, 0.4) is 0 Å². The van der Waals surface area contributed by atoms with Gasteiger partial charge >= 0.3 is 116 Å². The molecule has 0 spiro atoms. The number of morpholine rings is 1. The van der Waals surface area contributed by atoms with E-state index in [0.29, 0.717) is 6.61 Å². The summed E-state index contributed by atoms with van der Waals surface area (Å²) < 4.78 is 12.2. The maximum absolute atomic E-state index is 11.9. The molecule has 0 aliphatic carbocycles. The molecule has 0 aromatic heterocycles. The second-order valence-electron chi connectivity index (χ2n) is 4.11. The van der Waals surface area contributed by atoms with Crippen LogP contribution in [0.5, 0.6) is 0 Å². The van der Waals surface area contributed by atoms with Crippen LogP contribution in [-0.4, -0.2) is 49.2 Å². The fourth-order valence-corrected chi connectivity index (χ4v) is 5.92. The monoisotopic (exact) mass is 377 g/mol. The van der Waals surface area contributed by atoms with Crippen molar-refractivity contribution in [2.75, 3.05) is 22.0 Å². The number of hydrogen-bond acceptors (Lipinski definition) is 3. The van der Waals surface area contributed by atoms with Crippen LogP contribution in [0.2, 0.25) is 0 Å². The SMILES string of the molecule is CCI(C)C1OCC(C)N(C(=O)OCCl)C1C. The van der Waals surface area contributed by atoms with Crippen molar-refractivity contribution >= 4 is 37.5 Å². The van der Waals surface area contributed by atoms with E-state index < -0.39 is 19.8 Å². The summed E-state index contributed by atoms with van der Waals surface area (Å²) in [6, 6.07) is 0.0467. The first-order valence-electron chi connectivity index (χ1n) is 5.70. The second kappa shape index (κ2) is 6.99. The van der Waals surface area contributed by atoms with Gasteiger partial charge in [0, 0.05) is 0 Å².